The third kappa shape index (κ3) is 2.42. The summed E-state index contributed by atoms with van der Waals surface area (Å²) in [6.07, 6.45) is 4.30. The van der Waals surface area contributed by atoms with E-state index in [-0.39, 0.29) is 4.83 Å². The lowest BCUT2D eigenvalue weighted by Crippen LogP contribution is -1.85. The Balaban J connectivity index is 2.35. The molecule has 0 saturated heterocycles. The molecule has 3 nitrogen and oxygen atoms in total. The highest BCUT2D eigenvalue weighted by Crippen LogP contribution is 2.34. The Morgan fingerprint density at radius 2 is 2.31 bits per heavy atom. The Morgan fingerprint density at radius 3 is 3.00 bits per heavy atom. The number of halogens is 2. The zero-order chi connectivity index (χ0) is 11.5. The second-order valence-electron chi connectivity index (χ2n) is 3.18. The van der Waals surface area contributed by atoms with Gasteiger partial charge < -0.3 is 0 Å². The first-order valence-corrected chi connectivity index (χ1v) is 6.90. The maximum Gasteiger partial charge on any atom is 0.149 e. The van der Waals surface area contributed by atoms with Gasteiger partial charge in [-0.15, -0.1) is 10.2 Å². The van der Waals surface area contributed by atoms with E-state index >= 15 is 0 Å². The minimum absolute atomic E-state index is 0.263. The summed E-state index contributed by atoms with van der Waals surface area (Å²) >= 11 is 11.1. The smallest absolute Gasteiger partial charge is 0.149 e. The monoisotopic (exact) mass is 317 g/mol. The van der Waals surface area contributed by atoms with Crippen molar-refractivity contribution in [2.24, 2.45) is 0 Å². The van der Waals surface area contributed by atoms with Crippen LogP contribution < -0.4 is 0 Å². The Bertz CT molecular complexity index is 488. The molecule has 0 aliphatic rings. The molecular weight excluding hydrogens is 310 g/mol. The number of alkyl halides is 1. The molecule has 1 atom stereocenters. The van der Waals surface area contributed by atoms with Crippen LogP contribution in [-0.4, -0.2) is 15.2 Å². The van der Waals surface area contributed by atoms with Crippen LogP contribution in [0.3, 0.4) is 0 Å². The van der Waals surface area contributed by atoms with Crippen molar-refractivity contribution in [1.82, 2.24) is 15.2 Å². The van der Waals surface area contributed by atoms with Crippen molar-refractivity contribution in [1.29, 1.82) is 0 Å². The van der Waals surface area contributed by atoms with Gasteiger partial charge in [-0.05, 0) is 12.5 Å². The Hall–Kier alpha value is -0.520. The summed E-state index contributed by atoms with van der Waals surface area (Å²) in [4.78, 5) is 4.21. The van der Waals surface area contributed by atoms with Gasteiger partial charge in [-0.3, -0.25) is 4.98 Å². The molecule has 16 heavy (non-hydrogen) atoms. The highest BCUT2D eigenvalue weighted by molar-refractivity contribution is 9.09. The number of aromatic nitrogens is 3. The summed E-state index contributed by atoms with van der Waals surface area (Å²) < 4.78 is 0. The summed E-state index contributed by atoms with van der Waals surface area (Å²) in [7, 11) is 0. The van der Waals surface area contributed by atoms with Crippen LogP contribution in [0.25, 0.3) is 10.6 Å². The van der Waals surface area contributed by atoms with E-state index in [0.717, 1.165) is 22.0 Å². The Morgan fingerprint density at radius 1 is 1.50 bits per heavy atom. The van der Waals surface area contributed by atoms with E-state index in [0.29, 0.717) is 5.02 Å². The second kappa shape index (κ2) is 5.21. The molecule has 0 aliphatic heterocycles. The quantitative estimate of drug-likeness (QED) is 0.800. The summed E-state index contributed by atoms with van der Waals surface area (Å²) in [6, 6.07) is 1.85. The molecule has 0 spiro atoms. The molecule has 2 rings (SSSR count). The first-order chi connectivity index (χ1) is 7.72. The molecule has 0 fully saturated rings. The molecule has 2 heterocycles. The van der Waals surface area contributed by atoms with Crippen LogP contribution in [0.5, 0.6) is 0 Å². The van der Waals surface area contributed by atoms with E-state index in [1.54, 1.807) is 23.7 Å². The standard InChI is InChI=1S/C10H9BrClN3S/c1-2-7(11)10-15-14-9(16-10)6-3-4-13-5-8(6)12/h3-5,7H,2H2,1H3. The van der Waals surface area contributed by atoms with Crippen molar-refractivity contribution in [3.63, 3.8) is 0 Å². The molecule has 84 valence electrons. The minimum Gasteiger partial charge on any atom is -0.263 e. The first kappa shape index (κ1) is 12.0. The van der Waals surface area contributed by atoms with Gasteiger partial charge in [-0.2, -0.15) is 0 Å². The van der Waals surface area contributed by atoms with Crippen molar-refractivity contribution in [2.45, 2.75) is 18.2 Å². The normalized spacial score (nSPS) is 12.7. The largest absolute Gasteiger partial charge is 0.263 e. The van der Waals surface area contributed by atoms with Crippen molar-refractivity contribution < 1.29 is 0 Å². The molecule has 6 heteroatoms. The summed E-state index contributed by atoms with van der Waals surface area (Å²) in [5.41, 5.74) is 0.885. The molecule has 2 aromatic rings. The molecular formula is C10H9BrClN3S. The molecule has 2 aromatic heterocycles. The van der Waals surface area contributed by atoms with Crippen LogP contribution in [0, 0.1) is 0 Å². The van der Waals surface area contributed by atoms with E-state index in [9.17, 15) is 0 Å². The average molecular weight is 319 g/mol. The van der Waals surface area contributed by atoms with Crippen molar-refractivity contribution in [2.75, 3.05) is 0 Å². The SMILES string of the molecule is CCC(Br)c1nnc(-c2ccncc2Cl)s1. The van der Waals surface area contributed by atoms with E-state index < -0.39 is 0 Å². The van der Waals surface area contributed by atoms with E-state index in [1.165, 1.54) is 0 Å². The summed E-state index contributed by atoms with van der Waals surface area (Å²) in [5.74, 6) is 0. The van der Waals surface area contributed by atoms with Crippen molar-refractivity contribution in [3.05, 3.63) is 28.5 Å². The van der Waals surface area contributed by atoms with Gasteiger partial charge in [0.2, 0.25) is 0 Å². The van der Waals surface area contributed by atoms with Gasteiger partial charge in [0.05, 0.1) is 9.85 Å². The lowest BCUT2D eigenvalue weighted by molar-refractivity contribution is 0.870. The zero-order valence-electron chi connectivity index (χ0n) is 8.52. The molecule has 1 unspecified atom stereocenters. The fraction of sp³-hybridized carbons (Fsp3) is 0.300. The van der Waals surface area contributed by atoms with Crippen LogP contribution >= 0.6 is 38.9 Å². The van der Waals surface area contributed by atoms with E-state index in [4.69, 9.17) is 11.6 Å². The highest BCUT2D eigenvalue weighted by atomic mass is 79.9. The lowest BCUT2D eigenvalue weighted by Gasteiger charge is -1.99. The number of hydrogen-bond acceptors (Lipinski definition) is 4. The third-order valence-electron chi connectivity index (χ3n) is 2.07. The minimum atomic E-state index is 0.263. The van der Waals surface area contributed by atoms with Crippen LogP contribution in [0.2, 0.25) is 5.02 Å². The molecule has 0 aliphatic carbocycles. The van der Waals surface area contributed by atoms with Gasteiger partial charge in [-0.25, -0.2) is 0 Å². The summed E-state index contributed by atoms with van der Waals surface area (Å²) in [5, 5.41) is 10.7. The topological polar surface area (TPSA) is 38.7 Å². The summed E-state index contributed by atoms with van der Waals surface area (Å²) in [6.45, 7) is 2.10. The van der Waals surface area contributed by atoms with Crippen LogP contribution in [0.4, 0.5) is 0 Å². The maximum atomic E-state index is 6.05. The maximum absolute atomic E-state index is 6.05. The predicted octanol–water partition coefficient (Wildman–Crippen LogP) is 4.10. The number of rotatable bonds is 3. The fourth-order valence-electron chi connectivity index (χ4n) is 1.19. The van der Waals surface area contributed by atoms with Crippen LogP contribution in [0.1, 0.15) is 23.2 Å². The number of hydrogen-bond donors (Lipinski definition) is 0. The number of nitrogens with zero attached hydrogens (tertiary/aromatic N) is 3. The Labute approximate surface area is 111 Å². The third-order valence-corrected chi connectivity index (χ3v) is 4.83. The first-order valence-electron chi connectivity index (χ1n) is 4.79. The lowest BCUT2D eigenvalue weighted by atomic mass is 10.3. The molecule has 0 radical (unpaired) electrons. The predicted molar refractivity (Wildman–Crippen MR) is 70.1 cm³/mol. The molecule has 0 amide bonds. The second-order valence-corrected chi connectivity index (χ2v) is 5.70. The Kier molecular flexibility index (Phi) is 3.89. The van der Waals surface area contributed by atoms with Gasteiger partial charge in [0.25, 0.3) is 0 Å². The fourth-order valence-corrected chi connectivity index (χ4v) is 2.77. The average Bonchev–Trinajstić information content (AvgIpc) is 2.78. The van der Waals surface area contributed by atoms with E-state index in [1.807, 2.05) is 6.07 Å². The van der Waals surface area contributed by atoms with E-state index in [2.05, 4.69) is 38.0 Å². The molecule has 0 bridgehead atoms. The van der Waals surface area contributed by atoms with Gasteiger partial charge in [-0.1, -0.05) is 45.8 Å². The zero-order valence-corrected chi connectivity index (χ0v) is 11.7. The van der Waals surface area contributed by atoms with Gasteiger partial charge >= 0.3 is 0 Å². The number of pyridine rings is 1. The highest BCUT2D eigenvalue weighted by Gasteiger charge is 2.14. The van der Waals surface area contributed by atoms with Crippen LogP contribution in [-0.2, 0) is 0 Å². The molecule has 0 N–H and O–H groups in total. The van der Waals surface area contributed by atoms with Crippen molar-refractivity contribution in [3.8, 4) is 10.6 Å². The van der Waals surface area contributed by atoms with Gasteiger partial charge in [0.15, 0.2) is 0 Å². The van der Waals surface area contributed by atoms with Gasteiger partial charge in [0.1, 0.15) is 10.0 Å². The van der Waals surface area contributed by atoms with Gasteiger partial charge in [0, 0.05) is 18.0 Å². The van der Waals surface area contributed by atoms with Crippen molar-refractivity contribution >= 4 is 38.9 Å². The molecule has 0 saturated carbocycles. The molecule has 0 aromatic carbocycles. The van der Waals surface area contributed by atoms with Crippen LogP contribution in [0.15, 0.2) is 18.5 Å².